The Morgan fingerprint density at radius 2 is 1.92 bits per heavy atom. The molecule has 3 aromatic rings. The van der Waals surface area contributed by atoms with Gasteiger partial charge in [0.25, 0.3) is 0 Å². The highest BCUT2D eigenvalue weighted by atomic mass is 19.4. The van der Waals surface area contributed by atoms with Gasteiger partial charge in [0.2, 0.25) is 0 Å². The van der Waals surface area contributed by atoms with Gasteiger partial charge in [-0.1, -0.05) is 6.07 Å². The maximum absolute atomic E-state index is 13.4. The number of halogens is 3. The van der Waals surface area contributed by atoms with Crippen LogP contribution in [0.15, 0.2) is 35.4 Å². The van der Waals surface area contributed by atoms with Crippen molar-refractivity contribution in [2.24, 2.45) is 0 Å². The third kappa shape index (κ3) is 2.69. The number of hydrogen-bond acceptors (Lipinski definition) is 5. The van der Waals surface area contributed by atoms with E-state index in [-0.39, 0.29) is 0 Å². The lowest BCUT2D eigenvalue weighted by molar-refractivity contribution is -0.141. The van der Waals surface area contributed by atoms with E-state index in [9.17, 15) is 18.0 Å². The van der Waals surface area contributed by atoms with E-state index in [0.717, 1.165) is 35.4 Å². The third-order valence-electron chi connectivity index (χ3n) is 4.36. The molecular weight excluding hydrogens is 347 g/mol. The Morgan fingerprint density at radius 3 is 2.58 bits per heavy atom. The first kappa shape index (κ1) is 16.5. The van der Waals surface area contributed by atoms with E-state index in [1.165, 1.54) is 0 Å². The van der Waals surface area contributed by atoms with Crippen LogP contribution in [0.4, 0.5) is 19.0 Å². The summed E-state index contributed by atoms with van der Waals surface area (Å²) in [5.41, 5.74) is -0.763. The van der Waals surface area contributed by atoms with Gasteiger partial charge in [0.15, 0.2) is 11.5 Å². The van der Waals surface area contributed by atoms with Gasteiger partial charge >= 0.3 is 11.9 Å². The van der Waals surface area contributed by atoms with Crippen molar-refractivity contribution in [3.63, 3.8) is 0 Å². The van der Waals surface area contributed by atoms with Crippen LogP contribution in [-0.2, 0) is 6.18 Å². The minimum absolute atomic E-state index is 0.307. The highest BCUT2D eigenvalue weighted by Gasteiger charge is 2.37. The molecule has 2 aromatic heterocycles. The quantitative estimate of drug-likeness (QED) is 0.776. The maximum atomic E-state index is 13.4. The molecule has 4 rings (SSSR count). The number of nitrogens with one attached hydrogen (secondary N) is 1. The van der Waals surface area contributed by atoms with Gasteiger partial charge in [0.1, 0.15) is 5.82 Å². The smallest absolute Gasteiger partial charge is 0.372 e. The van der Waals surface area contributed by atoms with Crippen molar-refractivity contribution in [1.29, 1.82) is 0 Å². The second kappa shape index (κ2) is 5.79. The van der Waals surface area contributed by atoms with E-state index in [2.05, 4.69) is 20.3 Å². The fourth-order valence-corrected chi connectivity index (χ4v) is 3.00. The standard InChI is InChI=1S/C17H14F3N5O/c1-21-14-11-5-4-10(9-2-3-9)8-12(11)25(16(26)24-14)15-13(17(18,19)20)22-6-7-23-15/h4-9H,2-3H2,1H3,(H,21,24,26). The van der Waals surface area contributed by atoms with Gasteiger partial charge < -0.3 is 5.32 Å². The molecule has 1 aliphatic carbocycles. The van der Waals surface area contributed by atoms with Crippen LogP contribution in [0.25, 0.3) is 16.7 Å². The number of anilines is 1. The second-order valence-electron chi connectivity index (χ2n) is 6.11. The largest absolute Gasteiger partial charge is 0.437 e. The Bertz CT molecular complexity index is 1060. The fraction of sp³-hybridized carbons (Fsp3) is 0.294. The third-order valence-corrected chi connectivity index (χ3v) is 4.36. The number of fused-ring (bicyclic) bond motifs is 1. The van der Waals surface area contributed by atoms with E-state index in [1.807, 2.05) is 6.07 Å². The van der Waals surface area contributed by atoms with E-state index in [0.29, 0.717) is 22.6 Å². The molecular formula is C17H14F3N5O. The van der Waals surface area contributed by atoms with Crippen LogP contribution in [0.1, 0.15) is 30.0 Å². The SMILES string of the molecule is CNc1nc(=O)n(-c2nccnc2C(F)(F)F)c2cc(C3CC3)ccc12. The van der Waals surface area contributed by atoms with Gasteiger partial charge in [-0.2, -0.15) is 18.2 Å². The average Bonchev–Trinajstić information content (AvgIpc) is 3.45. The Morgan fingerprint density at radius 1 is 1.19 bits per heavy atom. The highest BCUT2D eigenvalue weighted by Crippen LogP contribution is 2.41. The van der Waals surface area contributed by atoms with Crippen LogP contribution in [0.3, 0.4) is 0 Å². The van der Waals surface area contributed by atoms with Crippen molar-refractivity contribution < 1.29 is 13.2 Å². The van der Waals surface area contributed by atoms with Crippen LogP contribution in [0.2, 0.25) is 0 Å². The molecule has 0 atom stereocenters. The molecule has 1 fully saturated rings. The van der Waals surface area contributed by atoms with Crippen molar-refractivity contribution in [3.05, 3.63) is 52.3 Å². The van der Waals surface area contributed by atoms with Crippen molar-refractivity contribution in [1.82, 2.24) is 19.5 Å². The molecule has 0 saturated heterocycles. The monoisotopic (exact) mass is 361 g/mol. The molecule has 1 N–H and O–H groups in total. The van der Waals surface area contributed by atoms with Gasteiger partial charge in [-0.15, -0.1) is 0 Å². The predicted molar refractivity (Wildman–Crippen MR) is 89.5 cm³/mol. The molecule has 1 aliphatic rings. The van der Waals surface area contributed by atoms with E-state index < -0.39 is 23.4 Å². The highest BCUT2D eigenvalue weighted by molar-refractivity contribution is 5.90. The molecule has 0 aliphatic heterocycles. The van der Waals surface area contributed by atoms with Crippen LogP contribution in [0, 0.1) is 0 Å². The Kier molecular flexibility index (Phi) is 3.67. The van der Waals surface area contributed by atoms with Crippen LogP contribution >= 0.6 is 0 Å². The summed E-state index contributed by atoms with van der Waals surface area (Å²) in [6, 6.07) is 5.42. The summed E-state index contributed by atoms with van der Waals surface area (Å²) >= 11 is 0. The molecule has 0 spiro atoms. The first-order valence-electron chi connectivity index (χ1n) is 8.03. The molecule has 9 heteroatoms. The summed E-state index contributed by atoms with van der Waals surface area (Å²) in [7, 11) is 1.60. The molecule has 0 radical (unpaired) electrons. The van der Waals surface area contributed by atoms with Crippen molar-refractivity contribution >= 4 is 16.7 Å². The Hall–Kier alpha value is -2.97. The van der Waals surface area contributed by atoms with Gasteiger partial charge in [-0.3, -0.25) is 0 Å². The zero-order valence-electron chi connectivity index (χ0n) is 13.7. The first-order valence-corrected chi connectivity index (χ1v) is 8.03. The molecule has 0 unspecified atom stereocenters. The van der Waals surface area contributed by atoms with Gasteiger partial charge in [0, 0.05) is 24.8 Å². The average molecular weight is 361 g/mol. The summed E-state index contributed by atoms with van der Waals surface area (Å²) in [6.07, 6.45) is -0.618. The number of rotatable bonds is 3. The molecule has 26 heavy (non-hydrogen) atoms. The Labute approximate surface area is 145 Å². The number of alkyl halides is 3. The lowest BCUT2D eigenvalue weighted by Crippen LogP contribution is -2.27. The molecule has 2 heterocycles. The van der Waals surface area contributed by atoms with Crippen LogP contribution in [-0.4, -0.2) is 26.6 Å². The lowest BCUT2D eigenvalue weighted by atomic mass is 10.1. The zero-order valence-corrected chi connectivity index (χ0v) is 13.7. The van der Waals surface area contributed by atoms with Gasteiger partial charge in [-0.25, -0.2) is 19.3 Å². The summed E-state index contributed by atoms with van der Waals surface area (Å²) < 4.78 is 41.0. The molecule has 134 valence electrons. The van der Waals surface area contributed by atoms with Crippen molar-refractivity contribution in [2.75, 3.05) is 12.4 Å². The second-order valence-corrected chi connectivity index (χ2v) is 6.11. The summed E-state index contributed by atoms with van der Waals surface area (Å²) in [5.74, 6) is 0.109. The zero-order chi connectivity index (χ0) is 18.5. The Balaban J connectivity index is 2.09. The predicted octanol–water partition coefficient (Wildman–Crippen LogP) is 3.11. The summed E-state index contributed by atoms with van der Waals surface area (Å²) in [6.45, 7) is 0. The van der Waals surface area contributed by atoms with Crippen molar-refractivity contribution in [3.8, 4) is 5.82 Å². The minimum Gasteiger partial charge on any atom is -0.372 e. The van der Waals surface area contributed by atoms with E-state index in [1.54, 1.807) is 19.2 Å². The molecule has 1 aromatic carbocycles. The lowest BCUT2D eigenvalue weighted by Gasteiger charge is -2.16. The van der Waals surface area contributed by atoms with Gasteiger partial charge in [-0.05, 0) is 36.5 Å². The maximum Gasteiger partial charge on any atom is 0.437 e. The van der Waals surface area contributed by atoms with E-state index in [4.69, 9.17) is 0 Å². The number of hydrogen-bond donors (Lipinski definition) is 1. The number of benzene rings is 1. The summed E-state index contributed by atoms with van der Waals surface area (Å²) in [4.78, 5) is 23.6. The number of aromatic nitrogens is 4. The topological polar surface area (TPSA) is 72.7 Å². The van der Waals surface area contributed by atoms with Gasteiger partial charge in [0.05, 0.1) is 5.52 Å². The van der Waals surface area contributed by atoms with Crippen molar-refractivity contribution in [2.45, 2.75) is 24.9 Å². The first-order chi connectivity index (χ1) is 12.4. The normalized spacial score (nSPS) is 14.6. The molecule has 1 saturated carbocycles. The molecule has 0 bridgehead atoms. The van der Waals surface area contributed by atoms with Crippen LogP contribution in [0.5, 0.6) is 0 Å². The molecule has 6 nitrogen and oxygen atoms in total. The van der Waals surface area contributed by atoms with E-state index >= 15 is 0 Å². The summed E-state index contributed by atoms with van der Waals surface area (Å²) in [5, 5.41) is 3.35. The van der Waals surface area contributed by atoms with Crippen LogP contribution < -0.4 is 11.0 Å². The molecule has 0 amide bonds. The fourth-order valence-electron chi connectivity index (χ4n) is 3.00. The minimum atomic E-state index is -4.74. The number of nitrogens with zero attached hydrogens (tertiary/aromatic N) is 4.